The third-order valence-corrected chi connectivity index (χ3v) is 6.59. The van der Waals surface area contributed by atoms with Crippen molar-refractivity contribution < 1.29 is 0 Å². The standard InChI is InChI=1S/C9H6BrIS2/c1-12-5-3-2-4-6-7(5)8(11)9(10)13-6/h2-4H,1H3. The zero-order valence-electron chi connectivity index (χ0n) is 6.80. The lowest BCUT2D eigenvalue weighted by Crippen LogP contribution is -1.73. The molecule has 13 heavy (non-hydrogen) atoms. The molecule has 0 unspecified atom stereocenters. The van der Waals surface area contributed by atoms with Gasteiger partial charge in [0.25, 0.3) is 0 Å². The lowest BCUT2D eigenvalue weighted by Gasteiger charge is -1.98. The highest BCUT2D eigenvalue weighted by molar-refractivity contribution is 14.1. The fourth-order valence-electron chi connectivity index (χ4n) is 1.22. The van der Waals surface area contributed by atoms with Crippen LogP contribution in [0.2, 0.25) is 0 Å². The highest BCUT2D eigenvalue weighted by Gasteiger charge is 2.10. The first-order valence-corrected chi connectivity index (χ1v) is 7.56. The van der Waals surface area contributed by atoms with Crippen molar-refractivity contribution in [3.8, 4) is 0 Å². The van der Waals surface area contributed by atoms with Crippen LogP contribution in [-0.2, 0) is 0 Å². The molecule has 0 atom stereocenters. The van der Waals surface area contributed by atoms with Crippen LogP contribution in [-0.4, -0.2) is 6.26 Å². The van der Waals surface area contributed by atoms with E-state index in [0.717, 1.165) is 0 Å². The molecule has 0 amide bonds. The highest BCUT2D eigenvalue weighted by atomic mass is 127. The maximum Gasteiger partial charge on any atom is 0.0844 e. The molecule has 0 aliphatic heterocycles. The molecule has 68 valence electrons. The molecule has 0 nitrogen and oxygen atoms in total. The van der Waals surface area contributed by atoms with E-state index < -0.39 is 0 Å². The van der Waals surface area contributed by atoms with E-state index in [4.69, 9.17) is 0 Å². The summed E-state index contributed by atoms with van der Waals surface area (Å²) in [4.78, 5) is 1.36. The predicted octanol–water partition coefficient (Wildman–Crippen LogP) is 4.99. The largest absolute Gasteiger partial charge is 0.129 e. The van der Waals surface area contributed by atoms with E-state index in [1.54, 1.807) is 23.1 Å². The number of fused-ring (bicyclic) bond motifs is 1. The van der Waals surface area contributed by atoms with Crippen molar-refractivity contribution in [1.29, 1.82) is 0 Å². The van der Waals surface area contributed by atoms with E-state index in [-0.39, 0.29) is 0 Å². The number of thiophene rings is 1. The first-order valence-electron chi connectivity index (χ1n) is 3.64. The second-order valence-electron chi connectivity index (χ2n) is 2.52. The second kappa shape index (κ2) is 4.08. The van der Waals surface area contributed by atoms with E-state index >= 15 is 0 Å². The summed E-state index contributed by atoms with van der Waals surface area (Å²) in [7, 11) is 0. The summed E-state index contributed by atoms with van der Waals surface area (Å²) in [5.74, 6) is 0. The Morgan fingerprint density at radius 3 is 2.92 bits per heavy atom. The lowest BCUT2D eigenvalue weighted by atomic mass is 10.3. The summed E-state index contributed by atoms with van der Waals surface area (Å²) in [6, 6.07) is 6.47. The Kier molecular flexibility index (Phi) is 3.22. The molecule has 4 heteroatoms. The minimum Gasteiger partial charge on any atom is -0.129 e. The zero-order valence-corrected chi connectivity index (χ0v) is 12.2. The van der Waals surface area contributed by atoms with Crippen molar-refractivity contribution in [3.63, 3.8) is 0 Å². The average molecular weight is 385 g/mol. The van der Waals surface area contributed by atoms with E-state index in [9.17, 15) is 0 Å². The van der Waals surface area contributed by atoms with Gasteiger partial charge in [-0.2, -0.15) is 0 Å². The van der Waals surface area contributed by atoms with Gasteiger partial charge in [-0.3, -0.25) is 0 Å². The molecule has 2 rings (SSSR count). The molecular formula is C9H6BrIS2. The monoisotopic (exact) mass is 384 g/mol. The third kappa shape index (κ3) is 1.78. The van der Waals surface area contributed by atoms with Gasteiger partial charge in [0.1, 0.15) is 0 Å². The molecule has 1 aromatic carbocycles. The summed E-state index contributed by atoms with van der Waals surface area (Å²) in [6.07, 6.45) is 2.12. The summed E-state index contributed by atoms with van der Waals surface area (Å²) < 4.78 is 3.94. The summed E-state index contributed by atoms with van der Waals surface area (Å²) >= 11 is 9.58. The SMILES string of the molecule is CSc1cccc2sc(Br)c(I)c12. The van der Waals surface area contributed by atoms with Crippen LogP contribution in [0.3, 0.4) is 0 Å². The minimum absolute atomic E-state index is 1.24. The van der Waals surface area contributed by atoms with E-state index in [1.807, 2.05) is 0 Å². The smallest absolute Gasteiger partial charge is 0.0844 e. The summed E-state index contributed by atoms with van der Waals surface area (Å²) in [5.41, 5.74) is 0. The van der Waals surface area contributed by atoms with Crippen molar-refractivity contribution >= 4 is 71.7 Å². The van der Waals surface area contributed by atoms with Crippen LogP contribution in [0.4, 0.5) is 0 Å². The first kappa shape index (κ1) is 10.3. The average Bonchev–Trinajstić information content (AvgIpc) is 2.43. The van der Waals surface area contributed by atoms with Gasteiger partial charge in [-0.25, -0.2) is 0 Å². The molecule has 1 aromatic heterocycles. The number of hydrogen-bond acceptors (Lipinski definition) is 2. The van der Waals surface area contributed by atoms with Crippen molar-refractivity contribution in [2.75, 3.05) is 6.26 Å². The Morgan fingerprint density at radius 2 is 2.23 bits per heavy atom. The molecule has 0 fully saturated rings. The molecule has 0 saturated heterocycles. The van der Waals surface area contributed by atoms with Crippen LogP contribution in [0.5, 0.6) is 0 Å². The first-order chi connectivity index (χ1) is 6.24. The molecule has 2 aromatic rings. The van der Waals surface area contributed by atoms with Crippen LogP contribution < -0.4 is 0 Å². The fourth-order valence-corrected chi connectivity index (χ4v) is 4.76. The van der Waals surface area contributed by atoms with Crippen molar-refractivity contribution in [1.82, 2.24) is 0 Å². The predicted molar refractivity (Wildman–Crippen MR) is 74.0 cm³/mol. The van der Waals surface area contributed by atoms with E-state index in [1.165, 1.54) is 22.3 Å². The van der Waals surface area contributed by atoms with Gasteiger partial charge in [-0.1, -0.05) is 6.07 Å². The van der Waals surface area contributed by atoms with Gasteiger partial charge in [-0.05, 0) is 56.9 Å². The molecule has 0 bridgehead atoms. The van der Waals surface area contributed by atoms with Gasteiger partial charge in [0.05, 0.1) is 3.79 Å². The van der Waals surface area contributed by atoms with Gasteiger partial charge in [0.2, 0.25) is 0 Å². The highest BCUT2D eigenvalue weighted by Crippen LogP contribution is 2.40. The molecule has 0 saturated carbocycles. The van der Waals surface area contributed by atoms with Gasteiger partial charge in [-0.15, -0.1) is 23.1 Å². The van der Waals surface area contributed by atoms with Crippen LogP contribution in [0.25, 0.3) is 10.1 Å². The van der Waals surface area contributed by atoms with Crippen LogP contribution >= 0.6 is 61.6 Å². The van der Waals surface area contributed by atoms with E-state index in [0.29, 0.717) is 0 Å². The Labute approximate surface area is 107 Å². The van der Waals surface area contributed by atoms with Gasteiger partial charge >= 0.3 is 0 Å². The maximum atomic E-state index is 3.57. The Bertz CT molecular complexity index is 450. The van der Waals surface area contributed by atoms with Gasteiger partial charge < -0.3 is 0 Å². The maximum absolute atomic E-state index is 3.57. The lowest BCUT2D eigenvalue weighted by molar-refractivity contribution is 1.56. The normalized spacial score (nSPS) is 11.0. The van der Waals surface area contributed by atoms with Gasteiger partial charge in [0, 0.05) is 18.6 Å². The molecule has 0 aliphatic rings. The molecule has 1 heterocycles. The Morgan fingerprint density at radius 1 is 1.46 bits per heavy atom. The number of thioether (sulfide) groups is 1. The second-order valence-corrected chi connectivity index (χ2v) is 6.82. The van der Waals surface area contributed by atoms with Crippen LogP contribution in [0.15, 0.2) is 26.9 Å². The quantitative estimate of drug-likeness (QED) is 0.493. The Hall–Kier alpha value is 0.740. The third-order valence-electron chi connectivity index (χ3n) is 1.80. The summed E-state index contributed by atoms with van der Waals surface area (Å²) in [6.45, 7) is 0. The van der Waals surface area contributed by atoms with E-state index in [2.05, 4.69) is 63.0 Å². The molecule has 0 spiro atoms. The van der Waals surface area contributed by atoms with Crippen molar-refractivity contribution in [2.24, 2.45) is 0 Å². The topological polar surface area (TPSA) is 0 Å². The molecule has 0 radical (unpaired) electrons. The molecule has 0 aliphatic carbocycles. The minimum atomic E-state index is 1.24. The van der Waals surface area contributed by atoms with Crippen LogP contribution in [0, 0.1) is 3.57 Å². The summed E-state index contributed by atoms with van der Waals surface area (Å²) in [5, 5.41) is 1.40. The van der Waals surface area contributed by atoms with Crippen molar-refractivity contribution in [2.45, 2.75) is 4.90 Å². The molecular weight excluding hydrogens is 379 g/mol. The molecule has 0 N–H and O–H groups in total. The fraction of sp³-hybridized carbons (Fsp3) is 0.111. The Balaban J connectivity index is 2.87. The number of halogens is 2. The number of benzene rings is 1. The van der Waals surface area contributed by atoms with Crippen molar-refractivity contribution in [3.05, 3.63) is 25.6 Å². The van der Waals surface area contributed by atoms with Crippen LogP contribution in [0.1, 0.15) is 0 Å². The zero-order chi connectivity index (χ0) is 9.42. The number of rotatable bonds is 1. The number of hydrogen-bond donors (Lipinski definition) is 0. The van der Waals surface area contributed by atoms with Gasteiger partial charge in [0.15, 0.2) is 0 Å².